The van der Waals surface area contributed by atoms with E-state index in [0.29, 0.717) is 13.0 Å². The standard InChI is InChI=1S/C9H14O5/c1-13-8(10)4-6-2-3-14-5-7(6)9(11)12/h6-7H,2-5H2,1H3,(H,11,12)/t6-,7+/m0/s1. The number of hydrogen-bond donors (Lipinski definition) is 1. The minimum absolute atomic E-state index is 0.159. The number of aliphatic carboxylic acids is 1. The number of carboxylic acid groups (broad SMARTS) is 1. The molecule has 0 aromatic carbocycles. The molecule has 14 heavy (non-hydrogen) atoms. The summed E-state index contributed by atoms with van der Waals surface area (Å²) in [5, 5.41) is 8.86. The predicted molar refractivity (Wildman–Crippen MR) is 46.7 cm³/mol. The molecule has 1 fully saturated rings. The van der Waals surface area contributed by atoms with Gasteiger partial charge in [-0.05, 0) is 12.3 Å². The second-order valence-corrected chi connectivity index (χ2v) is 3.35. The second kappa shape index (κ2) is 4.95. The lowest BCUT2D eigenvalue weighted by atomic mass is 9.86. The summed E-state index contributed by atoms with van der Waals surface area (Å²) in [6.07, 6.45) is 0.767. The quantitative estimate of drug-likeness (QED) is 0.666. The third-order valence-corrected chi connectivity index (χ3v) is 2.47. The molecule has 0 unspecified atom stereocenters. The molecular formula is C9H14O5. The molecular weight excluding hydrogens is 188 g/mol. The number of hydrogen-bond acceptors (Lipinski definition) is 4. The van der Waals surface area contributed by atoms with Crippen molar-refractivity contribution in [3.63, 3.8) is 0 Å². The van der Waals surface area contributed by atoms with Crippen molar-refractivity contribution >= 4 is 11.9 Å². The molecule has 1 N–H and O–H groups in total. The molecule has 0 aliphatic carbocycles. The van der Waals surface area contributed by atoms with Crippen LogP contribution in [0.2, 0.25) is 0 Å². The first-order valence-electron chi connectivity index (χ1n) is 4.52. The van der Waals surface area contributed by atoms with Crippen LogP contribution in [0.15, 0.2) is 0 Å². The van der Waals surface area contributed by atoms with Crippen molar-refractivity contribution in [2.75, 3.05) is 20.3 Å². The highest BCUT2D eigenvalue weighted by Gasteiger charge is 2.33. The Bertz CT molecular complexity index is 225. The molecule has 1 heterocycles. The van der Waals surface area contributed by atoms with Crippen LogP contribution in [-0.2, 0) is 19.1 Å². The molecule has 2 atom stereocenters. The fourth-order valence-electron chi connectivity index (χ4n) is 1.60. The number of ether oxygens (including phenoxy) is 2. The van der Waals surface area contributed by atoms with E-state index in [0.717, 1.165) is 0 Å². The Balaban J connectivity index is 2.54. The number of rotatable bonds is 3. The van der Waals surface area contributed by atoms with Gasteiger partial charge in [-0.1, -0.05) is 0 Å². The molecule has 1 saturated heterocycles. The van der Waals surface area contributed by atoms with Gasteiger partial charge in [0.1, 0.15) is 0 Å². The molecule has 0 radical (unpaired) electrons. The average molecular weight is 202 g/mol. The van der Waals surface area contributed by atoms with Crippen LogP contribution >= 0.6 is 0 Å². The Morgan fingerprint density at radius 3 is 2.86 bits per heavy atom. The zero-order chi connectivity index (χ0) is 10.6. The van der Waals surface area contributed by atoms with Crippen LogP contribution in [0.4, 0.5) is 0 Å². The predicted octanol–water partition coefficient (Wildman–Crippen LogP) is 0.287. The molecule has 1 aliphatic rings. The minimum atomic E-state index is -0.904. The second-order valence-electron chi connectivity index (χ2n) is 3.35. The van der Waals surface area contributed by atoms with Crippen molar-refractivity contribution < 1.29 is 24.2 Å². The Kier molecular flexibility index (Phi) is 3.88. The fraction of sp³-hybridized carbons (Fsp3) is 0.778. The van der Waals surface area contributed by atoms with E-state index >= 15 is 0 Å². The highest BCUT2D eigenvalue weighted by Crippen LogP contribution is 2.25. The average Bonchev–Trinajstić information content (AvgIpc) is 2.18. The van der Waals surface area contributed by atoms with Crippen molar-refractivity contribution in [2.24, 2.45) is 11.8 Å². The molecule has 5 heteroatoms. The zero-order valence-corrected chi connectivity index (χ0v) is 8.06. The van der Waals surface area contributed by atoms with Crippen molar-refractivity contribution in [1.82, 2.24) is 0 Å². The SMILES string of the molecule is COC(=O)C[C@@H]1CCOC[C@H]1C(=O)O. The van der Waals surface area contributed by atoms with Gasteiger partial charge < -0.3 is 14.6 Å². The van der Waals surface area contributed by atoms with Crippen molar-refractivity contribution in [3.8, 4) is 0 Å². The molecule has 0 aromatic rings. The molecule has 0 amide bonds. The maximum Gasteiger partial charge on any atom is 0.309 e. The van der Waals surface area contributed by atoms with E-state index in [1.54, 1.807) is 0 Å². The molecule has 1 rings (SSSR count). The number of carbonyl (C=O) groups excluding carboxylic acids is 1. The first-order valence-corrected chi connectivity index (χ1v) is 4.52. The molecule has 0 bridgehead atoms. The van der Waals surface area contributed by atoms with E-state index in [4.69, 9.17) is 9.84 Å². The van der Waals surface area contributed by atoms with Crippen molar-refractivity contribution in [2.45, 2.75) is 12.8 Å². The van der Waals surface area contributed by atoms with Gasteiger partial charge in [0.15, 0.2) is 0 Å². The third-order valence-electron chi connectivity index (χ3n) is 2.47. The number of esters is 1. The summed E-state index contributed by atoms with van der Waals surface area (Å²) in [5.74, 6) is -2.00. The Morgan fingerprint density at radius 2 is 2.29 bits per heavy atom. The molecule has 1 aliphatic heterocycles. The maximum absolute atomic E-state index is 11.0. The van der Waals surface area contributed by atoms with E-state index in [1.165, 1.54) is 7.11 Å². The topological polar surface area (TPSA) is 72.8 Å². The summed E-state index contributed by atoms with van der Waals surface area (Å²) < 4.78 is 9.56. The largest absolute Gasteiger partial charge is 0.481 e. The highest BCUT2D eigenvalue weighted by atomic mass is 16.5. The summed E-state index contributed by atoms with van der Waals surface area (Å²) in [6.45, 7) is 0.711. The highest BCUT2D eigenvalue weighted by molar-refractivity contribution is 5.74. The molecule has 80 valence electrons. The summed E-state index contributed by atoms with van der Waals surface area (Å²) in [7, 11) is 1.30. The van der Waals surface area contributed by atoms with E-state index in [2.05, 4.69) is 4.74 Å². The van der Waals surface area contributed by atoms with E-state index < -0.39 is 11.9 Å². The normalized spacial score (nSPS) is 26.9. The van der Waals surface area contributed by atoms with Gasteiger partial charge in [-0.3, -0.25) is 9.59 Å². The van der Waals surface area contributed by atoms with E-state index in [9.17, 15) is 9.59 Å². The lowest BCUT2D eigenvalue weighted by molar-refractivity contribution is -0.152. The third kappa shape index (κ3) is 2.70. The first kappa shape index (κ1) is 11.0. The molecule has 0 spiro atoms. The summed E-state index contributed by atoms with van der Waals surface area (Å²) in [6, 6.07) is 0. The zero-order valence-electron chi connectivity index (χ0n) is 8.06. The van der Waals surface area contributed by atoms with Crippen LogP contribution in [0.5, 0.6) is 0 Å². The van der Waals surface area contributed by atoms with Gasteiger partial charge in [0, 0.05) is 13.0 Å². The summed E-state index contributed by atoms with van der Waals surface area (Å²) >= 11 is 0. The van der Waals surface area contributed by atoms with Crippen LogP contribution in [0.25, 0.3) is 0 Å². The number of carboxylic acids is 1. The first-order chi connectivity index (χ1) is 6.65. The summed E-state index contributed by atoms with van der Waals surface area (Å²) in [5.41, 5.74) is 0. The maximum atomic E-state index is 11.0. The lowest BCUT2D eigenvalue weighted by Crippen LogP contribution is -2.34. The Morgan fingerprint density at radius 1 is 1.57 bits per heavy atom. The molecule has 5 nitrogen and oxygen atoms in total. The fourth-order valence-corrected chi connectivity index (χ4v) is 1.60. The van der Waals surface area contributed by atoms with E-state index in [-0.39, 0.29) is 24.9 Å². The van der Waals surface area contributed by atoms with E-state index in [1.807, 2.05) is 0 Å². The minimum Gasteiger partial charge on any atom is -0.481 e. The van der Waals surface area contributed by atoms with Gasteiger partial charge in [-0.2, -0.15) is 0 Å². The van der Waals surface area contributed by atoms with Gasteiger partial charge in [0.2, 0.25) is 0 Å². The Hall–Kier alpha value is -1.10. The van der Waals surface area contributed by atoms with Crippen molar-refractivity contribution in [3.05, 3.63) is 0 Å². The summed E-state index contributed by atoms with van der Waals surface area (Å²) in [4.78, 5) is 21.8. The smallest absolute Gasteiger partial charge is 0.309 e. The lowest BCUT2D eigenvalue weighted by Gasteiger charge is -2.27. The van der Waals surface area contributed by atoms with Crippen LogP contribution in [0.3, 0.4) is 0 Å². The molecule has 0 saturated carbocycles. The van der Waals surface area contributed by atoms with Gasteiger partial charge >= 0.3 is 11.9 Å². The van der Waals surface area contributed by atoms with Crippen molar-refractivity contribution in [1.29, 1.82) is 0 Å². The van der Waals surface area contributed by atoms with Gasteiger partial charge in [-0.25, -0.2) is 0 Å². The van der Waals surface area contributed by atoms with Gasteiger partial charge in [0.25, 0.3) is 0 Å². The Labute approximate surface area is 82.0 Å². The van der Waals surface area contributed by atoms with Crippen LogP contribution in [0, 0.1) is 11.8 Å². The van der Waals surface area contributed by atoms with Crippen LogP contribution in [-0.4, -0.2) is 37.4 Å². The number of methoxy groups -OCH3 is 1. The van der Waals surface area contributed by atoms with Crippen LogP contribution < -0.4 is 0 Å². The van der Waals surface area contributed by atoms with Gasteiger partial charge in [-0.15, -0.1) is 0 Å². The van der Waals surface area contributed by atoms with Crippen LogP contribution in [0.1, 0.15) is 12.8 Å². The number of carbonyl (C=O) groups is 2. The van der Waals surface area contributed by atoms with Gasteiger partial charge in [0.05, 0.1) is 19.6 Å². The monoisotopic (exact) mass is 202 g/mol. The molecule has 0 aromatic heterocycles.